The minimum absolute atomic E-state index is 0.199. The summed E-state index contributed by atoms with van der Waals surface area (Å²) < 4.78 is 44.0. The summed E-state index contributed by atoms with van der Waals surface area (Å²) in [6, 6.07) is 3.72. The van der Waals surface area contributed by atoms with E-state index in [0.717, 1.165) is 13.1 Å². The lowest BCUT2D eigenvalue weighted by Crippen LogP contribution is -2.14. The average molecular weight is 437 g/mol. The van der Waals surface area contributed by atoms with Crippen LogP contribution in [0.2, 0.25) is 0 Å². The Morgan fingerprint density at radius 2 is 2.12 bits per heavy atom. The Kier molecular flexibility index (Phi) is 5.54. The highest BCUT2D eigenvalue weighted by Crippen LogP contribution is 2.37. The number of aromatic nitrogens is 2. The highest BCUT2D eigenvalue weighted by Gasteiger charge is 2.39. The van der Waals surface area contributed by atoms with Crippen molar-refractivity contribution in [3.63, 3.8) is 0 Å². The smallest absolute Gasteiger partial charge is 0.434 e. The third-order valence-corrected chi connectivity index (χ3v) is 3.95. The lowest BCUT2D eigenvalue weighted by Gasteiger charge is -2.08. The molecule has 0 unspecified atom stereocenters. The number of ether oxygens (including phenoxy) is 1. The first-order chi connectivity index (χ1) is 12.1. The number of rotatable bonds is 5. The number of carbonyl (C=O) groups is 1. The summed E-state index contributed by atoms with van der Waals surface area (Å²) in [6.07, 6.45) is -4.73. The Hall–Kier alpha value is -2.63. The molecule has 12 heteroatoms. The van der Waals surface area contributed by atoms with Gasteiger partial charge in [-0.2, -0.15) is 18.3 Å². The predicted octanol–water partition coefficient (Wildman–Crippen LogP) is 3.76. The highest BCUT2D eigenvalue weighted by molar-refractivity contribution is 9.10. The highest BCUT2D eigenvalue weighted by atomic mass is 79.9. The third kappa shape index (κ3) is 3.95. The molecule has 0 bridgehead atoms. The molecule has 2 rings (SSSR count). The number of anilines is 1. The van der Waals surface area contributed by atoms with Gasteiger partial charge in [-0.15, -0.1) is 0 Å². The molecule has 0 aliphatic heterocycles. The second kappa shape index (κ2) is 7.32. The van der Waals surface area contributed by atoms with Gasteiger partial charge in [0, 0.05) is 7.05 Å². The van der Waals surface area contributed by atoms with Gasteiger partial charge in [0.05, 0.1) is 22.1 Å². The second-order valence-electron chi connectivity index (χ2n) is 4.96. The molecule has 0 atom stereocenters. The molecule has 0 aliphatic rings. The molecule has 26 heavy (non-hydrogen) atoms. The van der Waals surface area contributed by atoms with Crippen LogP contribution in [0.4, 0.5) is 24.5 Å². The molecule has 2 aromatic rings. The van der Waals surface area contributed by atoms with Crippen LogP contribution in [0.1, 0.15) is 23.1 Å². The number of nitrogens with zero attached hydrogens (tertiary/aromatic N) is 3. The van der Waals surface area contributed by atoms with Crippen molar-refractivity contribution in [1.29, 1.82) is 0 Å². The van der Waals surface area contributed by atoms with Crippen molar-refractivity contribution in [1.82, 2.24) is 9.78 Å². The lowest BCUT2D eigenvalue weighted by molar-refractivity contribution is -0.384. The van der Waals surface area contributed by atoms with Crippen LogP contribution in [0, 0.1) is 10.1 Å². The summed E-state index contributed by atoms with van der Waals surface area (Å²) in [4.78, 5) is 22.7. The molecular formula is C14H12BrF3N4O4. The van der Waals surface area contributed by atoms with Gasteiger partial charge in [0.15, 0.2) is 11.4 Å². The molecule has 1 heterocycles. The number of alkyl halides is 3. The number of nitro groups is 1. The number of nitro benzene ring substituents is 1. The molecule has 1 aromatic carbocycles. The molecule has 0 spiro atoms. The molecule has 0 fully saturated rings. The number of benzene rings is 1. The van der Waals surface area contributed by atoms with E-state index in [2.05, 4.69) is 26.3 Å². The van der Waals surface area contributed by atoms with Crippen LogP contribution in [0.3, 0.4) is 0 Å². The maximum atomic E-state index is 13.0. The van der Waals surface area contributed by atoms with Crippen molar-refractivity contribution in [2.24, 2.45) is 7.05 Å². The molecule has 0 saturated heterocycles. The Morgan fingerprint density at radius 1 is 1.46 bits per heavy atom. The zero-order chi connectivity index (χ0) is 19.6. The summed E-state index contributed by atoms with van der Waals surface area (Å²) in [5.74, 6) is -0.814. The van der Waals surface area contributed by atoms with Gasteiger partial charge in [0.1, 0.15) is 11.4 Å². The first-order valence-corrected chi connectivity index (χ1v) is 7.87. The Morgan fingerprint density at radius 3 is 2.62 bits per heavy atom. The van der Waals surface area contributed by atoms with E-state index < -0.39 is 38.6 Å². The number of aryl methyl sites for hydroxylation is 1. The number of nitrogens with one attached hydrogen (secondary N) is 1. The van der Waals surface area contributed by atoms with Gasteiger partial charge in [0.25, 0.3) is 11.6 Å². The molecular weight excluding hydrogens is 425 g/mol. The van der Waals surface area contributed by atoms with Crippen LogP contribution in [0.25, 0.3) is 0 Å². The summed E-state index contributed by atoms with van der Waals surface area (Å²) in [7, 11) is 1.03. The molecule has 1 amide bonds. The minimum Gasteiger partial charge on any atom is -0.494 e. The van der Waals surface area contributed by atoms with Crippen LogP contribution in [0.5, 0.6) is 5.75 Å². The first kappa shape index (κ1) is 19.7. The molecule has 0 saturated carbocycles. The van der Waals surface area contributed by atoms with Crippen molar-refractivity contribution in [3.8, 4) is 5.75 Å². The summed E-state index contributed by atoms with van der Waals surface area (Å²) in [5.41, 5.74) is -2.37. The van der Waals surface area contributed by atoms with Crippen molar-refractivity contribution in [2.75, 3.05) is 11.9 Å². The fraction of sp³-hybridized carbons (Fsp3) is 0.286. The van der Waals surface area contributed by atoms with Gasteiger partial charge in [-0.1, -0.05) is 0 Å². The number of hydrogen-bond donors (Lipinski definition) is 1. The van der Waals surface area contributed by atoms with Crippen LogP contribution < -0.4 is 10.1 Å². The largest absolute Gasteiger partial charge is 0.494 e. The first-order valence-electron chi connectivity index (χ1n) is 7.08. The standard InChI is InChI=1S/C14H12BrF3N4O4/c1-3-26-7-4-5-8(9(6-7)22(24)25)19-13(23)11-10(15)12(14(16,17)18)21(2)20-11/h4-6H,3H2,1-2H3,(H,19,23). The van der Waals surface area contributed by atoms with E-state index in [-0.39, 0.29) is 18.0 Å². The van der Waals surface area contributed by atoms with Gasteiger partial charge >= 0.3 is 6.18 Å². The summed E-state index contributed by atoms with van der Waals surface area (Å²) in [5, 5.41) is 16.9. The van der Waals surface area contributed by atoms with Crippen LogP contribution in [-0.4, -0.2) is 27.2 Å². The normalized spacial score (nSPS) is 11.3. The molecule has 1 aromatic heterocycles. The SMILES string of the molecule is CCOc1ccc(NC(=O)c2nn(C)c(C(F)(F)F)c2Br)c([N+](=O)[O-])c1. The Balaban J connectivity index is 2.38. The predicted molar refractivity (Wildman–Crippen MR) is 88.1 cm³/mol. The Bertz CT molecular complexity index is 867. The van der Waals surface area contributed by atoms with Gasteiger partial charge in [-0.3, -0.25) is 19.6 Å². The maximum absolute atomic E-state index is 13.0. The number of hydrogen-bond acceptors (Lipinski definition) is 5. The van der Waals surface area contributed by atoms with Crippen LogP contribution >= 0.6 is 15.9 Å². The van der Waals surface area contributed by atoms with Crippen LogP contribution in [-0.2, 0) is 13.2 Å². The zero-order valence-corrected chi connectivity index (χ0v) is 15.0. The monoisotopic (exact) mass is 436 g/mol. The van der Waals surface area contributed by atoms with E-state index in [1.54, 1.807) is 6.92 Å². The van der Waals surface area contributed by atoms with Crippen molar-refractivity contribution in [3.05, 3.63) is 44.2 Å². The van der Waals surface area contributed by atoms with E-state index in [9.17, 15) is 28.1 Å². The summed E-state index contributed by atoms with van der Waals surface area (Å²) in [6.45, 7) is 1.97. The number of amides is 1. The van der Waals surface area contributed by atoms with Crippen molar-refractivity contribution >= 4 is 33.2 Å². The Labute approximate surface area is 153 Å². The molecule has 8 nitrogen and oxygen atoms in total. The van der Waals surface area contributed by atoms with E-state index in [4.69, 9.17) is 4.74 Å². The molecule has 0 radical (unpaired) electrons. The molecule has 140 valence electrons. The van der Waals surface area contributed by atoms with Crippen LogP contribution in [0.15, 0.2) is 22.7 Å². The van der Waals surface area contributed by atoms with Crippen molar-refractivity contribution < 1.29 is 27.6 Å². The minimum atomic E-state index is -4.73. The summed E-state index contributed by atoms with van der Waals surface area (Å²) >= 11 is 2.71. The van der Waals surface area contributed by atoms with E-state index in [0.29, 0.717) is 4.68 Å². The van der Waals surface area contributed by atoms with Gasteiger partial charge in [-0.05, 0) is 35.0 Å². The fourth-order valence-electron chi connectivity index (χ4n) is 2.16. The van der Waals surface area contributed by atoms with Gasteiger partial charge < -0.3 is 10.1 Å². The quantitative estimate of drug-likeness (QED) is 0.568. The van der Waals surface area contributed by atoms with E-state index >= 15 is 0 Å². The lowest BCUT2D eigenvalue weighted by atomic mass is 10.2. The topological polar surface area (TPSA) is 99.3 Å². The van der Waals surface area contributed by atoms with E-state index in [1.165, 1.54) is 12.1 Å². The van der Waals surface area contributed by atoms with E-state index in [1.807, 2.05) is 0 Å². The van der Waals surface area contributed by atoms with Crippen molar-refractivity contribution in [2.45, 2.75) is 13.1 Å². The average Bonchev–Trinajstić information content (AvgIpc) is 2.83. The second-order valence-corrected chi connectivity index (χ2v) is 5.75. The number of halogens is 4. The molecule has 0 aliphatic carbocycles. The van der Waals surface area contributed by atoms with Gasteiger partial charge in [-0.25, -0.2) is 0 Å². The third-order valence-electron chi connectivity index (χ3n) is 3.20. The zero-order valence-electron chi connectivity index (χ0n) is 13.4. The number of carbonyl (C=O) groups excluding carboxylic acids is 1. The molecule has 1 N–H and O–H groups in total. The maximum Gasteiger partial charge on any atom is 0.434 e. The van der Waals surface area contributed by atoms with Gasteiger partial charge in [0.2, 0.25) is 0 Å². The fourth-order valence-corrected chi connectivity index (χ4v) is 2.90.